The highest BCUT2D eigenvalue weighted by molar-refractivity contribution is 7.89. The van der Waals surface area contributed by atoms with E-state index in [0.717, 1.165) is 11.3 Å². The van der Waals surface area contributed by atoms with E-state index in [1.807, 2.05) is 38.1 Å². The van der Waals surface area contributed by atoms with Crippen LogP contribution in [0.25, 0.3) is 0 Å². The van der Waals surface area contributed by atoms with Crippen molar-refractivity contribution >= 4 is 15.9 Å². The first-order valence-electron chi connectivity index (χ1n) is 8.72. The van der Waals surface area contributed by atoms with E-state index in [2.05, 4.69) is 10.0 Å². The Balaban J connectivity index is 2.04. The van der Waals surface area contributed by atoms with Crippen LogP contribution in [0, 0.1) is 0 Å². The Bertz CT molecular complexity index is 873. The van der Waals surface area contributed by atoms with Crippen LogP contribution in [0.5, 0.6) is 5.75 Å². The Kier molecular flexibility index (Phi) is 6.62. The Morgan fingerprint density at radius 1 is 1.04 bits per heavy atom. The fourth-order valence-electron chi connectivity index (χ4n) is 2.61. The van der Waals surface area contributed by atoms with Crippen LogP contribution in [-0.2, 0) is 15.4 Å². The lowest BCUT2D eigenvalue weighted by atomic mass is 9.84. The number of nitrogens with one attached hydrogen (secondary N) is 2. The van der Waals surface area contributed by atoms with Gasteiger partial charge < -0.3 is 10.1 Å². The zero-order valence-corrected chi connectivity index (χ0v) is 16.9. The van der Waals surface area contributed by atoms with Crippen molar-refractivity contribution in [3.05, 3.63) is 59.7 Å². The van der Waals surface area contributed by atoms with Gasteiger partial charge in [0.1, 0.15) is 5.75 Å². The molecule has 0 atom stereocenters. The summed E-state index contributed by atoms with van der Waals surface area (Å²) in [5.74, 6) is 0.537. The third kappa shape index (κ3) is 5.30. The maximum Gasteiger partial charge on any atom is 0.251 e. The van der Waals surface area contributed by atoms with Crippen LogP contribution < -0.4 is 14.8 Å². The van der Waals surface area contributed by atoms with E-state index < -0.39 is 10.0 Å². The molecule has 0 aliphatic heterocycles. The van der Waals surface area contributed by atoms with Gasteiger partial charge in [-0.05, 0) is 42.0 Å². The molecule has 146 valence electrons. The standard InChI is InChI=1S/C20H26N2O4S/c1-5-22-27(24,25)18-12-6-15(7-13-18)19(23)21-14-20(2,3)16-8-10-17(26-4)11-9-16/h6-13,22H,5,14H2,1-4H3,(H,21,23). The van der Waals surface area contributed by atoms with Gasteiger partial charge in [0, 0.05) is 24.1 Å². The van der Waals surface area contributed by atoms with Gasteiger partial charge in [-0.3, -0.25) is 4.79 Å². The molecule has 1 amide bonds. The Morgan fingerprint density at radius 3 is 2.15 bits per heavy atom. The van der Waals surface area contributed by atoms with Gasteiger partial charge in [0.25, 0.3) is 5.91 Å². The van der Waals surface area contributed by atoms with Gasteiger partial charge in [0.15, 0.2) is 0 Å². The van der Waals surface area contributed by atoms with Crippen LogP contribution in [0.1, 0.15) is 36.7 Å². The van der Waals surface area contributed by atoms with Crippen LogP contribution in [-0.4, -0.2) is 34.5 Å². The van der Waals surface area contributed by atoms with E-state index in [1.165, 1.54) is 24.3 Å². The second-order valence-corrected chi connectivity index (χ2v) is 8.59. The smallest absolute Gasteiger partial charge is 0.251 e. The van der Waals surface area contributed by atoms with Gasteiger partial charge >= 0.3 is 0 Å². The zero-order chi connectivity index (χ0) is 20.1. The van der Waals surface area contributed by atoms with E-state index >= 15 is 0 Å². The molecule has 0 aliphatic rings. The highest BCUT2D eigenvalue weighted by Crippen LogP contribution is 2.24. The molecule has 0 saturated carbocycles. The number of hydrogen-bond acceptors (Lipinski definition) is 4. The summed E-state index contributed by atoms with van der Waals surface area (Å²) in [6, 6.07) is 13.6. The van der Waals surface area contributed by atoms with Crippen LogP contribution >= 0.6 is 0 Å². The number of amides is 1. The highest BCUT2D eigenvalue weighted by Gasteiger charge is 2.22. The van der Waals surface area contributed by atoms with E-state index in [9.17, 15) is 13.2 Å². The summed E-state index contributed by atoms with van der Waals surface area (Å²) in [6.45, 7) is 6.55. The van der Waals surface area contributed by atoms with Crippen molar-refractivity contribution in [2.45, 2.75) is 31.1 Å². The fraction of sp³-hybridized carbons (Fsp3) is 0.350. The maximum atomic E-state index is 12.4. The number of methoxy groups -OCH3 is 1. The minimum atomic E-state index is -3.52. The second kappa shape index (κ2) is 8.54. The molecule has 0 spiro atoms. The van der Waals surface area contributed by atoms with Crippen molar-refractivity contribution < 1.29 is 17.9 Å². The van der Waals surface area contributed by atoms with Gasteiger partial charge in [-0.15, -0.1) is 0 Å². The predicted molar refractivity (Wildman–Crippen MR) is 106 cm³/mol. The minimum absolute atomic E-state index is 0.138. The molecule has 0 unspecified atom stereocenters. The lowest BCUT2D eigenvalue weighted by molar-refractivity contribution is 0.0945. The number of rotatable bonds is 8. The normalized spacial score (nSPS) is 11.9. The number of ether oxygens (including phenoxy) is 1. The molecular formula is C20H26N2O4S. The van der Waals surface area contributed by atoms with Crippen LogP contribution in [0.15, 0.2) is 53.4 Å². The third-order valence-electron chi connectivity index (χ3n) is 4.32. The highest BCUT2D eigenvalue weighted by atomic mass is 32.2. The third-order valence-corrected chi connectivity index (χ3v) is 5.89. The first kappa shape index (κ1) is 20.9. The number of carbonyl (C=O) groups is 1. The summed E-state index contributed by atoms with van der Waals surface area (Å²) < 4.78 is 31.5. The molecule has 2 aromatic rings. The lowest BCUT2D eigenvalue weighted by Crippen LogP contribution is -2.36. The Hall–Kier alpha value is -2.38. The molecule has 0 radical (unpaired) electrons. The summed E-state index contributed by atoms with van der Waals surface area (Å²) in [4.78, 5) is 12.6. The monoisotopic (exact) mass is 390 g/mol. The maximum absolute atomic E-state index is 12.4. The van der Waals surface area contributed by atoms with Crippen LogP contribution in [0.3, 0.4) is 0 Å². The van der Waals surface area contributed by atoms with Gasteiger partial charge in [-0.2, -0.15) is 0 Å². The zero-order valence-electron chi connectivity index (χ0n) is 16.1. The molecule has 2 aromatic carbocycles. The number of benzene rings is 2. The second-order valence-electron chi connectivity index (χ2n) is 6.82. The van der Waals surface area contributed by atoms with E-state index in [1.54, 1.807) is 14.0 Å². The molecule has 0 saturated heterocycles. The van der Waals surface area contributed by atoms with Crippen LogP contribution in [0.4, 0.5) is 0 Å². The molecule has 27 heavy (non-hydrogen) atoms. The summed E-state index contributed by atoms with van der Waals surface area (Å²) in [6.07, 6.45) is 0. The van der Waals surface area contributed by atoms with Gasteiger partial charge in [-0.1, -0.05) is 32.9 Å². The number of sulfonamides is 1. The van der Waals surface area contributed by atoms with Gasteiger partial charge in [0.05, 0.1) is 12.0 Å². The molecule has 0 aromatic heterocycles. The molecule has 2 N–H and O–H groups in total. The summed E-state index contributed by atoms with van der Waals surface area (Å²) in [7, 11) is -1.90. The summed E-state index contributed by atoms with van der Waals surface area (Å²) in [5, 5.41) is 2.91. The molecule has 0 heterocycles. The Morgan fingerprint density at radius 2 is 1.63 bits per heavy atom. The summed E-state index contributed by atoms with van der Waals surface area (Å²) in [5.41, 5.74) is 1.22. The van der Waals surface area contributed by atoms with Crippen molar-refractivity contribution in [3.63, 3.8) is 0 Å². The van der Waals surface area contributed by atoms with E-state index in [4.69, 9.17) is 4.74 Å². The van der Waals surface area contributed by atoms with E-state index in [-0.39, 0.29) is 16.2 Å². The van der Waals surface area contributed by atoms with Crippen molar-refractivity contribution in [1.29, 1.82) is 0 Å². The first-order valence-corrected chi connectivity index (χ1v) is 10.2. The SMILES string of the molecule is CCNS(=O)(=O)c1ccc(C(=O)NCC(C)(C)c2ccc(OC)cc2)cc1. The average Bonchev–Trinajstić information content (AvgIpc) is 2.66. The fourth-order valence-corrected chi connectivity index (χ4v) is 3.65. The molecule has 0 aliphatic carbocycles. The molecular weight excluding hydrogens is 364 g/mol. The summed E-state index contributed by atoms with van der Waals surface area (Å²) >= 11 is 0. The van der Waals surface area contributed by atoms with Crippen LogP contribution in [0.2, 0.25) is 0 Å². The minimum Gasteiger partial charge on any atom is -0.497 e. The topological polar surface area (TPSA) is 84.5 Å². The van der Waals surface area contributed by atoms with Crippen molar-refractivity contribution in [3.8, 4) is 5.75 Å². The van der Waals surface area contributed by atoms with Crippen molar-refractivity contribution in [2.24, 2.45) is 0 Å². The quantitative estimate of drug-likeness (QED) is 0.726. The number of carbonyl (C=O) groups excluding carboxylic acids is 1. The van der Waals surface area contributed by atoms with Crippen molar-refractivity contribution in [2.75, 3.05) is 20.2 Å². The van der Waals surface area contributed by atoms with Crippen molar-refractivity contribution in [1.82, 2.24) is 10.0 Å². The lowest BCUT2D eigenvalue weighted by Gasteiger charge is -2.26. The van der Waals surface area contributed by atoms with Gasteiger partial charge in [0.2, 0.25) is 10.0 Å². The first-order chi connectivity index (χ1) is 12.7. The predicted octanol–water partition coefficient (Wildman–Crippen LogP) is 2.70. The molecule has 7 heteroatoms. The molecule has 2 rings (SSSR count). The Labute approximate surface area is 161 Å². The largest absolute Gasteiger partial charge is 0.497 e. The molecule has 0 bridgehead atoms. The molecule has 6 nitrogen and oxygen atoms in total. The number of hydrogen-bond donors (Lipinski definition) is 2. The average molecular weight is 391 g/mol. The molecule has 0 fully saturated rings. The van der Waals surface area contributed by atoms with Gasteiger partial charge in [-0.25, -0.2) is 13.1 Å². The van der Waals surface area contributed by atoms with E-state index in [0.29, 0.717) is 18.7 Å².